The summed E-state index contributed by atoms with van der Waals surface area (Å²) in [6, 6.07) is 0. The maximum absolute atomic E-state index is 9.44. The van der Waals surface area contributed by atoms with Gasteiger partial charge in [0.05, 0.1) is 18.8 Å². The molecule has 3 atom stereocenters. The van der Waals surface area contributed by atoms with Gasteiger partial charge in [-0.3, -0.25) is 4.90 Å². The van der Waals surface area contributed by atoms with Gasteiger partial charge in [-0.15, -0.1) is 0 Å². The predicted molar refractivity (Wildman–Crippen MR) is 70.2 cm³/mol. The lowest BCUT2D eigenvalue weighted by molar-refractivity contribution is -0.0699. The van der Waals surface area contributed by atoms with E-state index >= 15 is 0 Å². The van der Waals surface area contributed by atoms with Crippen molar-refractivity contribution in [3.05, 3.63) is 0 Å². The van der Waals surface area contributed by atoms with Gasteiger partial charge in [-0.25, -0.2) is 0 Å². The first-order valence-corrected chi connectivity index (χ1v) is 6.73. The summed E-state index contributed by atoms with van der Waals surface area (Å²) in [5.41, 5.74) is -0.153. The number of morpholine rings is 1. The van der Waals surface area contributed by atoms with Crippen molar-refractivity contribution >= 4 is 0 Å². The molecule has 0 bridgehead atoms. The van der Waals surface area contributed by atoms with Crippen molar-refractivity contribution in [2.24, 2.45) is 0 Å². The number of rotatable bonds is 6. The highest BCUT2D eigenvalue weighted by molar-refractivity contribution is 4.84. The molecule has 2 N–H and O–H groups in total. The van der Waals surface area contributed by atoms with E-state index in [-0.39, 0.29) is 12.1 Å². The van der Waals surface area contributed by atoms with Crippen molar-refractivity contribution in [1.82, 2.24) is 10.2 Å². The van der Waals surface area contributed by atoms with Crippen LogP contribution in [0.1, 0.15) is 34.1 Å². The summed E-state index contributed by atoms with van der Waals surface area (Å²) >= 11 is 0. The van der Waals surface area contributed by atoms with Gasteiger partial charge < -0.3 is 15.2 Å². The summed E-state index contributed by atoms with van der Waals surface area (Å²) in [7, 11) is 0. The minimum Gasteiger partial charge on any atom is -0.394 e. The molecule has 0 spiro atoms. The smallest absolute Gasteiger partial charge is 0.0678 e. The number of aliphatic hydroxyl groups is 1. The molecule has 1 rings (SSSR count). The van der Waals surface area contributed by atoms with Gasteiger partial charge in [0.15, 0.2) is 0 Å². The van der Waals surface area contributed by atoms with Gasteiger partial charge in [0.1, 0.15) is 0 Å². The Morgan fingerprint density at radius 2 is 1.94 bits per heavy atom. The summed E-state index contributed by atoms with van der Waals surface area (Å²) in [4.78, 5) is 2.43. The Morgan fingerprint density at radius 1 is 1.35 bits per heavy atom. The molecule has 0 aromatic heterocycles. The number of hydrogen-bond acceptors (Lipinski definition) is 4. The van der Waals surface area contributed by atoms with Gasteiger partial charge in [-0.2, -0.15) is 0 Å². The van der Waals surface area contributed by atoms with Gasteiger partial charge in [-0.05, 0) is 33.7 Å². The van der Waals surface area contributed by atoms with Crippen LogP contribution < -0.4 is 5.32 Å². The number of likely N-dealkylation sites (N-methyl/N-ethyl adjacent to an activating group) is 1. The molecule has 1 unspecified atom stereocenters. The number of nitrogens with zero attached hydrogens (tertiary/aromatic N) is 1. The summed E-state index contributed by atoms with van der Waals surface area (Å²) in [5, 5.41) is 12.8. The second-order valence-electron chi connectivity index (χ2n) is 5.52. The molecule has 4 heteroatoms. The Hall–Kier alpha value is -0.160. The first kappa shape index (κ1) is 14.9. The van der Waals surface area contributed by atoms with Gasteiger partial charge >= 0.3 is 0 Å². The van der Waals surface area contributed by atoms with Crippen LogP contribution in [0, 0.1) is 0 Å². The Labute approximate surface area is 105 Å². The van der Waals surface area contributed by atoms with E-state index < -0.39 is 0 Å². The lowest BCUT2D eigenvalue weighted by Crippen LogP contribution is -2.51. The van der Waals surface area contributed by atoms with Crippen molar-refractivity contribution in [1.29, 1.82) is 0 Å². The minimum absolute atomic E-state index is 0.153. The molecule has 1 fully saturated rings. The van der Waals surface area contributed by atoms with E-state index in [1.807, 2.05) is 0 Å². The van der Waals surface area contributed by atoms with E-state index in [4.69, 9.17) is 4.74 Å². The molecular weight excluding hydrogens is 216 g/mol. The van der Waals surface area contributed by atoms with Crippen molar-refractivity contribution in [3.63, 3.8) is 0 Å². The molecule has 0 aromatic carbocycles. The molecule has 0 aromatic rings. The van der Waals surface area contributed by atoms with Crippen LogP contribution in [0.4, 0.5) is 0 Å². The highest BCUT2D eigenvalue weighted by Crippen LogP contribution is 2.14. The maximum Gasteiger partial charge on any atom is 0.0678 e. The quantitative estimate of drug-likeness (QED) is 0.727. The molecule has 0 saturated carbocycles. The predicted octanol–water partition coefficient (Wildman–Crippen LogP) is 0.846. The molecule has 0 amide bonds. The average Bonchev–Trinajstić information content (AvgIpc) is 2.26. The van der Waals surface area contributed by atoms with E-state index in [0.29, 0.717) is 12.2 Å². The molecule has 4 nitrogen and oxygen atoms in total. The van der Waals surface area contributed by atoms with Crippen LogP contribution in [0.5, 0.6) is 0 Å². The zero-order valence-electron chi connectivity index (χ0n) is 11.7. The van der Waals surface area contributed by atoms with Crippen LogP contribution >= 0.6 is 0 Å². The van der Waals surface area contributed by atoms with Crippen molar-refractivity contribution in [2.45, 2.75) is 51.9 Å². The van der Waals surface area contributed by atoms with E-state index in [1.54, 1.807) is 0 Å². The summed E-state index contributed by atoms with van der Waals surface area (Å²) < 4.78 is 5.72. The monoisotopic (exact) mass is 244 g/mol. The summed E-state index contributed by atoms with van der Waals surface area (Å²) in [5.74, 6) is 0. The van der Waals surface area contributed by atoms with E-state index in [2.05, 4.69) is 37.9 Å². The molecule has 1 aliphatic rings. The highest BCUT2D eigenvalue weighted by atomic mass is 16.5. The van der Waals surface area contributed by atoms with E-state index in [1.165, 1.54) is 0 Å². The largest absolute Gasteiger partial charge is 0.394 e. The number of hydrogen-bond donors (Lipinski definition) is 2. The van der Waals surface area contributed by atoms with E-state index in [9.17, 15) is 5.11 Å². The standard InChI is InChI=1S/C13H28N2O2/c1-5-14-13(4,10-16)6-7-15-8-11(2)17-12(3)9-15/h11-12,14,16H,5-10H2,1-4H3/t11-,12+,13?. The number of nitrogens with one attached hydrogen (secondary N) is 1. The second kappa shape index (κ2) is 6.69. The van der Waals surface area contributed by atoms with Crippen molar-refractivity contribution in [3.8, 4) is 0 Å². The highest BCUT2D eigenvalue weighted by Gasteiger charge is 2.26. The molecule has 0 radical (unpaired) electrons. The maximum atomic E-state index is 9.44. The molecular formula is C13H28N2O2. The molecule has 1 saturated heterocycles. The third-order valence-corrected chi connectivity index (χ3v) is 3.43. The normalized spacial score (nSPS) is 30.2. The molecule has 1 heterocycles. The zero-order valence-corrected chi connectivity index (χ0v) is 11.7. The Bertz CT molecular complexity index is 215. The SMILES string of the molecule is CCNC(C)(CO)CCN1C[C@@H](C)O[C@@H](C)C1. The first-order valence-electron chi connectivity index (χ1n) is 6.73. The van der Waals surface area contributed by atoms with Gasteiger partial charge in [0.25, 0.3) is 0 Å². The lowest BCUT2D eigenvalue weighted by Gasteiger charge is -2.37. The van der Waals surface area contributed by atoms with Gasteiger partial charge in [-0.1, -0.05) is 6.92 Å². The molecule has 102 valence electrons. The van der Waals surface area contributed by atoms with Gasteiger partial charge in [0.2, 0.25) is 0 Å². The molecule has 17 heavy (non-hydrogen) atoms. The fraction of sp³-hybridized carbons (Fsp3) is 1.00. The third kappa shape index (κ3) is 4.92. The topological polar surface area (TPSA) is 44.7 Å². The number of aliphatic hydroxyl groups excluding tert-OH is 1. The van der Waals surface area contributed by atoms with Crippen LogP contribution in [0.25, 0.3) is 0 Å². The summed E-state index contributed by atoms with van der Waals surface area (Å²) in [6.07, 6.45) is 1.60. The zero-order chi connectivity index (χ0) is 12.9. The lowest BCUT2D eigenvalue weighted by atomic mass is 9.98. The fourth-order valence-electron chi connectivity index (χ4n) is 2.52. The first-order chi connectivity index (χ1) is 7.99. The van der Waals surface area contributed by atoms with Crippen LogP contribution in [-0.4, -0.2) is 60.5 Å². The minimum atomic E-state index is -0.153. The fourth-order valence-corrected chi connectivity index (χ4v) is 2.52. The Morgan fingerprint density at radius 3 is 2.41 bits per heavy atom. The van der Waals surface area contributed by atoms with Crippen LogP contribution in [0.3, 0.4) is 0 Å². The third-order valence-electron chi connectivity index (χ3n) is 3.43. The molecule has 0 aliphatic carbocycles. The van der Waals surface area contributed by atoms with Crippen molar-refractivity contribution < 1.29 is 9.84 Å². The number of ether oxygens (including phenoxy) is 1. The molecule has 1 aliphatic heterocycles. The van der Waals surface area contributed by atoms with Crippen LogP contribution in [0.15, 0.2) is 0 Å². The second-order valence-corrected chi connectivity index (χ2v) is 5.52. The average molecular weight is 244 g/mol. The Kier molecular flexibility index (Phi) is 5.86. The van der Waals surface area contributed by atoms with Crippen molar-refractivity contribution in [2.75, 3.05) is 32.8 Å². The van der Waals surface area contributed by atoms with Crippen LogP contribution in [0.2, 0.25) is 0 Å². The van der Waals surface area contributed by atoms with Gasteiger partial charge in [0, 0.05) is 25.2 Å². The van der Waals surface area contributed by atoms with E-state index in [0.717, 1.165) is 32.6 Å². The summed E-state index contributed by atoms with van der Waals surface area (Å²) in [6.45, 7) is 12.5. The van der Waals surface area contributed by atoms with Crippen LogP contribution in [-0.2, 0) is 4.74 Å². The Balaban J connectivity index is 2.38.